The zero-order valence-corrected chi connectivity index (χ0v) is 27.7. The monoisotopic (exact) mass is 577 g/mol. The molecule has 6 heteroatoms. The van der Waals surface area contributed by atoms with Crippen molar-refractivity contribution in [2.75, 3.05) is 14.2 Å². The summed E-state index contributed by atoms with van der Waals surface area (Å²) in [7, 11) is 3.34. The predicted molar refractivity (Wildman–Crippen MR) is 173 cm³/mol. The van der Waals surface area contributed by atoms with Crippen LogP contribution >= 0.6 is 11.6 Å². The van der Waals surface area contributed by atoms with Gasteiger partial charge in [0.2, 0.25) is 0 Å². The predicted octanol–water partition coefficient (Wildman–Crippen LogP) is 9.51. The van der Waals surface area contributed by atoms with Crippen LogP contribution in [-0.4, -0.2) is 29.0 Å². The third-order valence-corrected chi connectivity index (χ3v) is 6.96. The molecule has 1 heterocycles. The molecule has 0 fully saturated rings. The summed E-state index contributed by atoms with van der Waals surface area (Å²) in [5.41, 5.74) is 6.54. The Kier molecular flexibility index (Phi) is 11.6. The number of ether oxygens (including phenoxy) is 2. The Labute approximate surface area is 252 Å². The number of rotatable bonds is 3. The molecule has 0 saturated heterocycles. The van der Waals surface area contributed by atoms with E-state index >= 15 is 0 Å². The van der Waals surface area contributed by atoms with E-state index in [0.29, 0.717) is 0 Å². The van der Waals surface area contributed by atoms with Crippen LogP contribution in [0.2, 0.25) is 5.02 Å². The molecule has 5 nitrogen and oxygen atoms in total. The van der Waals surface area contributed by atoms with Crippen LogP contribution < -0.4 is 9.47 Å². The van der Waals surface area contributed by atoms with Crippen molar-refractivity contribution in [2.45, 2.75) is 85.5 Å². The molecule has 0 N–H and O–H groups in total. The highest BCUT2D eigenvalue weighted by molar-refractivity contribution is 6.33. The highest BCUT2D eigenvalue weighted by Gasteiger charge is 2.19. The second kappa shape index (κ2) is 14.0. The van der Waals surface area contributed by atoms with Gasteiger partial charge in [0.05, 0.1) is 19.2 Å². The minimum Gasteiger partial charge on any atom is -0.497 e. The summed E-state index contributed by atoms with van der Waals surface area (Å²) in [5, 5.41) is 8.33. The maximum atomic E-state index is 6.17. The fourth-order valence-electron chi connectivity index (χ4n) is 4.01. The number of aromatic nitrogens is 3. The Morgan fingerprint density at radius 3 is 1.76 bits per heavy atom. The number of nitrogens with zero attached hydrogens (tertiary/aromatic N) is 3. The van der Waals surface area contributed by atoms with Crippen LogP contribution in [0.1, 0.15) is 84.6 Å². The fraction of sp³-hybridized carbons (Fsp3) is 0.429. The normalized spacial score (nSPS) is 11.5. The molecular weight excluding hydrogens is 530 g/mol. The van der Waals surface area contributed by atoms with Gasteiger partial charge in [-0.25, -0.2) is 0 Å². The van der Waals surface area contributed by atoms with Gasteiger partial charge in [-0.15, -0.1) is 10.2 Å². The van der Waals surface area contributed by atoms with Crippen LogP contribution in [0.25, 0.3) is 5.69 Å². The summed E-state index contributed by atoms with van der Waals surface area (Å²) in [6.07, 6.45) is 3.42. The average Bonchev–Trinajstić information content (AvgIpc) is 3.43. The molecule has 0 amide bonds. The molecule has 1 aromatic heterocycles. The van der Waals surface area contributed by atoms with E-state index in [4.69, 9.17) is 21.1 Å². The summed E-state index contributed by atoms with van der Waals surface area (Å²) in [4.78, 5) is 0. The van der Waals surface area contributed by atoms with E-state index in [-0.39, 0.29) is 16.2 Å². The summed E-state index contributed by atoms with van der Waals surface area (Å²) < 4.78 is 12.3. The molecule has 0 aliphatic heterocycles. The second-order valence-corrected chi connectivity index (χ2v) is 13.6. The summed E-state index contributed by atoms with van der Waals surface area (Å²) in [5.74, 6) is 1.69. The van der Waals surface area contributed by atoms with E-state index in [1.807, 2.05) is 22.8 Å². The van der Waals surface area contributed by atoms with Crippen LogP contribution in [0.4, 0.5) is 0 Å². The Bertz CT molecular complexity index is 1380. The van der Waals surface area contributed by atoms with E-state index < -0.39 is 0 Å². The molecule has 222 valence electrons. The molecule has 0 aliphatic rings. The van der Waals surface area contributed by atoms with Gasteiger partial charge in [0, 0.05) is 5.69 Å². The molecular formula is C35H48ClN3O2. The van der Waals surface area contributed by atoms with Gasteiger partial charge in [0.15, 0.2) is 0 Å². The quantitative estimate of drug-likeness (QED) is 0.243. The van der Waals surface area contributed by atoms with Crippen molar-refractivity contribution in [2.24, 2.45) is 0 Å². The SMILES string of the molecule is CC(C)(C)c1cccc(-n2cnnc2)c1.COc1cc(C)cc(C(C)(C)C)c1.COc1cccc(C(C)(C)C)c1Cl. The molecule has 3 aromatic carbocycles. The van der Waals surface area contributed by atoms with Crippen molar-refractivity contribution >= 4 is 11.6 Å². The summed E-state index contributed by atoms with van der Waals surface area (Å²) in [6.45, 7) is 21.7. The topological polar surface area (TPSA) is 49.2 Å². The zero-order chi connectivity index (χ0) is 31.0. The van der Waals surface area contributed by atoms with Gasteiger partial charge in [-0.2, -0.15) is 0 Å². The first-order chi connectivity index (χ1) is 19.0. The number of hydrogen-bond acceptors (Lipinski definition) is 4. The van der Waals surface area contributed by atoms with Gasteiger partial charge in [-0.1, -0.05) is 104 Å². The Morgan fingerprint density at radius 1 is 0.659 bits per heavy atom. The molecule has 0 bridgehead atoms. The molecule has 41 heavy (non-hydrogen) atoms. The summed E-state index contributed by atoms with van der Waals surface area (Å²) in [6, 6.07) is 20.7. The average molecular weight is 578 g/mol. The molecule has 0 radical (unpaired) electrons. The van der Waals surface area contributed by atoms with Gasteiger partial charge in [-0.05, 0) is 75.8 Å². The lowest BCUT2D eigenvalue weighted by molar-refractivity contribution is 0.412. The van der Waals surface area contributed by atoms with Gasteiger partial charge in [0.1, 0.15) is 24.2 Å². The van der Waals surface area contributed by atoms with E-state index in [1.54, 1.807) is 26.9 Å². The Balaban J connectivity index is 0.000000216. The van der Waals surface area contributed by atoms with Gasteiger partial charge in [0.25, 0.3) is 0 Å². The van der Waals surface area contributed by atoms with Crippen LogP contribution in [0.3, 0.4) is 0 Å². The highest BCUT2D eigenvalue weighted by Crippen LogP contribution is 2.35. The van der Waals surface area contributed by atoms with Crippen molar-refractivity contribution < 1.29 is 9.47 Å². The zero-order valence-electron chi connectivity index (χ0n) is 27.0. The molecule has 0 aliphatic carbocycles. The first-order valence-corrected chi connectivity index (χ1v) is 14.3. The molecule has 0 unspecified atom stereocenters. The minimum atomic E-state index is 0.0611. The van der Waals surface area contributed by atoms with Crippen LogP contribution in [0.15, 0.2) is 73.3 Å². The van der Waals surface area contributed by atoms with E-state index in [1.165, 1.54) is 16.7 Å². The Morgan fingerprint density at radius 2 is 1.24 bits per heavy atom. The molecule has 4 aromatic rings. The maximum absolute atomic E-state index is 6.17. The standard InChI is InChI=1S/C12H15N3.C12H18O.C11H15ClO/c1-12(2,3)10-5-4-6-11(7-10)15-8-13-14-9-15;1-9-6-10(12(2,3)4)8-11(7-9)13-5;1-11(2,3)8-6-5-7-9(13-4)10(8)12/h4-9H,1-3H3;6-8H,1-5H3;5-7H,1-4H3. The number of halogens is 1. The first-order valence-electron chi connectivity index (χ1n) is 13.9. The third-order valence-electron chi connectivity index (χ3n) is 6.57. The highest BCUT2D eigenvalue weighted by atomic mass is 35.5. The van der Waals surface area contributed by atoms with E-state index in [0.717, 1.165) is 27.8 Å². The molecule has 4 rings (SSSR count). The van der Waals surface area contributed by atoms with E-state index in [9.17, 15) is 0 Å². The van der Waals surface area contributed by atoms with E-state index in [2.05, 4.69) is 122 Å². The fourth-order valence-corrected chi connectivity index (χ4v) is 4.50. The van der Waals surface area contributed by atoms with Crippen molar-refractivity contribution in [3.8, 4) is 17.2 Å². The third kappa shape index (κ3) is 10.2. The second-order valence-electron chi connectivity index (χ2n) is 13.2. The van der Waals surface area contributed by atoms with Crippen molar-refractivity contribution in [1.29, 1.82) is 0 Å². The lowest BCUT2D eigenvalue weighted by Crippen LogP contribution is -2.11. The number of benzene rings is 3. The van der Waals surface area contributed by atoms with Gasteiger partial charge < -0.3 is 9.47 Å². The van der Waals surface area contributed by atoms with Gasteiger partial charge in [-0.3, -0.25) is 4.57 Å². The number of hydrogen-bond donors (Lipinski definition) is 0. The van der Waals surface area contributed by atoms with Crippen molar-refractivity contribution in [3.63, 3.8) is 0 Å². The number of aryl methyl sites for hydroxylation is 1. The first kappa shape index (κ1) is 33.9. The van der Waals surface area contributed by atoms with Gasteiger partial charge >= 0.3 is 0 Å². The maximum Gasteiger partial charge on any atom is 0.137 e. The number of methoxy groups -OCH3 is 2. The largest absolute Gasteiger partial charge is 0.497 e. The van der Waals surface area contributed by atoms with Crippen LogP contribution in [0, 0.1) is 6.92 Å². The molecule has 0 saturated carbocycles. The van der Waals surface area contributed by atoms with Crippen molar-refractivity contribution in [1.82, 2.24) is 14.8 Å². The molecule has 0 atom stereocenters. The molecule has 0 spiro atoms. The minimum absolute atomic E-state index is 0.0611. The van der Waals surface area contributed by atoms with Crippen molar-refractivity contribution in [3.05, 3.63) is 101 Å². The summed E-state index contributed by atoms with van der Waals surface area (Å²) >= 11 is 6.17. The lowest BCUT2D eigenvalue weighted by Gasteiger charge is -2.21. The van der Waals surface area contributed by atoms with Crippen LogP contribution in [0.5, 0.6) is 11.5 Å². The van der Waals surface area contributed by atoms with Crippen LogP contribution in [-0.2, 0) is 16.2 Å². The smallest absolute Gasteiger partial charge is 0.137 e. The Hall–Kier alpha value is -3.31. The lowest BCUT2D eigenvalue weighted by atomic mass is 9.86.